The van der Waals surface area contributed by atoms with Crippen molar-refractivity contribution in [3.8, 4) is 0 Å². The van der Waals surface area contributed by atoms with E-state index in [1.165, 1.54) is 6.08 Å². The first-order valence-electron chi connectivity index (χ1n) is 2.78. The van der Waals surface area contributed by atoms with Crippen LogP contribution in [0.15, 0.2) is 12.7 Å². The highest BCUT2D eigenvalue weighted by Crippen LogP contribution is 2.01. The fraction of sp³-hybridized carbons (Fsp3) is 0.600. The predicted molar refractivity (Wildman–Crippen MR) is 36.9 cm³/mol. The summed E-state index contributed by atoms with van der Waals surface area (Å²) in [5.74, 6) is 0. The summed E-state index contributed by atoms with van der Waals surface area (Å²) in [5.41, 5.74) is 0. The van der Waals surface area contributed by atoms with E-state index in [2.05, 4.69) is 10.8 Å². The first-order chi connectivity index (χ1) is 4.49. The maximum absolute atomic E-state index is 10.0. The van der Waals surface area contributed by atoms with Gasteiger partial charge in [0, 0.05) is 0 Å². The Bertz CT molecular complexity index is 194. The molecule has 0 heterocycles. The van der Waals surface area contributed by atoms with Gasteiger partial charge in [0.25, 0.3) is 0 Å². The molecule has 0 saturated heterocycles. The first-order valence-corrected chi connectivity index (χ1v) is 4.14. The second kappa shape index (κ2) is 3.70. The van der Waals surface area contributed by atoms with Gasteiger partial charge in [-0.2, -0.15) is 8.42 Å². The standard InChI is InChI=1S/C5H10O4S/c1-3-5(4-2)9-10(6,7)8/h3,5H,1,4H2,2H3,(H,6,7,8). The van der Waals surface area contributed by atoms with Crippen molar-refractivity contribution in [3.05, 3.63) is 12.7 Å². The van der Waals surface area contributed by atoms with Crippen LogP contribution in [0.25, 0.3) is 0 Å². The molecule has 0 bridgehead atoms. The lowest BCUT2D eigenvalue weighted by Crippen LogP contribution is -2.13. The smallest absolute Gasteiger partial charge is 0.264 e. The fourth-order valence-corrected chi connectivity index (χ4v) is 0.957. The van der Waals surface area contributed by atoms with Crippen molar-refractivity contribution in [2.45, 2.75) is 19.4 Å². The van der Waals surface area contributed by atoms with Crippen LogP contribution in [0.5, 0.6) is 0 Å². The number of rotatable bonds is 4. The average molecular weight is 166 g/mol. The maximum atomic E-state index is 10.0. The molecule has 0 aliphatic heterocycles. The summed E-state index contributed by atoms with van der Waals surface area (Å²) in [4.78, 5) is 0. The topological polar surface area (TPSA) is 63.6 Å². The highest BCUT2D eigenvalue weighted by Gasteiger charge is 2.10. The van der Waals surface area contributed by atoms with Crippen LogP contribution < -0.4 is 0 Å². The first kappa shape index (κ1) is 9.61. The van der Waals surface area contributed by atoms with E-state index in [0.717, 1.165) is 0 Å². The zero-order chi connectivity index (χ0) is 8.20. The Morgan fingerprint density at radius 3 is 2.40 bits per heavy atom. The van der Waals surface area contributed by atoms with Gasteiger partial charge in [-0.15, -0.1) is 6.58 Å². The summed E-state index contributed by atoms with van der Waals surface area (Å²) in [6, 6.07) is 0. The van der Waals surface area contributed by atoms with Crippen molar-refractivity contribution in [2.75, 3.05) is 0 Å². The van der Waals surface area contributed by atoms with Crippen LogP contribution in [0, 0.1) is 0 Å². The van der Waals surface area contributed by atoms with E-state index in [4.69, 9.17) is 4.55 Å². The number of hydrogen-bond acceptors (Lipinski definition) is 3. The largest absolute Gasteiger partial charge is 0.397 e. The summed E-state index contributed by atoms with van der Waals surface area (Å²) in [7, 11) is -4.32. The van der Waals surface area contributed by atoms with E-state index in [0.29, 0.717) is 6.42 Å². The van der Waals surface area contributed by atoms with Crippen molar-refractivity contribution in [3.63, 3.8) is 0 Å². The molecule has 0 amide bonds. The molecule has 60 valence electrons. The zero-order valence-electron chi connectivity index (χ0n) is 5.65. The molecule has 1 atom stereocenters. The molecular weight excluding hydrogens is 156 g/mol. The normalized spacial score (nSPS) is 14.6. The van der Waals surface area contributed by atoms with E-state index in [-0.39, 0.29) is 0 Å². The van der Waals surface area contributed by atoms with E-state index in [1.54, 1.807) is 6.92 Å². The Hall–Kier alpha value is -0.390. The fourth-order valence-electron chi connectivity index (χ4n) is 0.430. The van der Waals surface area contributed by atoms with Gasteiger partial charge in [-0.3, -0.25) is 4.55 Å². The van der Waals surface area contributed by atoms with Gasteiger partial charge in [0.05, 0.1) is 6.10 Å². The monoisotopic (exact) mass is 166 g/mol. The lowest BCUT2D eigenvalue weighted by molar-refractivity contribution is 0.216. The van der Waals surface area contributed by atoms with Crippen LogP contribution >= 0.6 is 0 Å². The lowest BCUT2D eigenvalue weighted by atomic mass is 10.3. The van der Waals surface area contributed by atoms with Crippen molar-refractivity contribution < 1.29 is 17.2 Å². The summed E-state index contributed by atoms with van der Waals surface area (Å²) in [6.45, 7) is 5.04. The molecule has 10 heavy (non-hydrogen) atoms. The molecule has 0 fully saturated rings. The minimum Gasteiger partial charge on any atom is -0.264 e. The minimum atomic E-state index is -4.32. The van der Waals surface area contributed by atoms with Crippen molar-refractivity contribution in [1.82, 2.24) is 0 Å². The van der Waals surface area contributed by atoms with Gasteiger partial charge in [-0.25, -0.2) is 4.18 Å². The highest BCUT2D eigenvalue weighted by atomic mass is 32.3. The van der Waals surface area contributed by atoms with Crippen molar-refractivity contribution in [1.29, 1.82) is 0 Å². The van der Waals surface area contributed by atoms with Gasteiger partial charge in [0.15, 0.2) is 0 Å². The summed E-state index contributed by atoms with van der Waals surface area (Å²) in [6.07, 6.45) is 1.15. The Morgan fingerprint density at radius 1 is 1.80 bits per heavy atom. The molecule has 5 heteroatoms. The Labute approximate surface area is 60.5 Å². The van der Waals surface area contributed by atoms with Crippen LogP contribution in [0.4, 0.5) is 0 Å². The highest BCUT2D eigenvalue weighted by molar-refractivity contribution is 7.80. The summed E-state index contributed by atoms with van der Waals surface area (Å²) < 4.78 is 32.4. The zero-order valence-corrected chi connectivity index (χ0v) is 6.47. The Kier molecular flexibility index (Phi) is 3.55. The lowest BCUT2D eigenvalue weighted by Gasteiger charge is -2.05. The molecule has 0 spiro atoms. The molecule has 0 saturated carbocycles. The SMILES string of the molecule is C=CC(CC)OS(=O)(=O)O. The van der Waals surface area contributed by atoms with Crippen LogP contribution in [-0.4, -0.2) is 19.1 Å². The van der Waals surface area contributed by atoms with Gasteiger partial charge in [-0.05, 0) is 6.42 Å². The van der Waals surface area contributed by atoms with Gasteiger partial charge in [0.1, 0.15) is 0 Å². The van der Waals surface area contributed by atoms with Crippen molar-refractivity contribution in [2.24, 2.45) is 0 Å². The second-order valence-corrected chi connectivity index (χ2v) is 2.75. The third-order valence-corrected chi connectivity index (χ3v) is 1.40. The third kappa shape index (κ3) is 4.49. The second-order valence-electron chi connectivity index (χ2n) is 1.71. The molecular formula is C5H10O4S. The van der Waals surface area contributed by atoms with E-state index >= 15 is 0 Å². The van der Waals surface area contributed by atoms with Crippen LogP contribution in [-0.2, 0) is 14.6 Å². The molecule has 1 N–H and O–H groups in total. The molecule has 0 rings (SSSR count). The number of hydrogen-bond donors (Lipinski definition) is 1. The molecule has 0 aromatic heterocycles. The molecule has 0 aromatic rings. The molecule has 1 unspecified atom stereocenters. The molecule has 0 aliphatic carbocycles. The maximum Gasteiger partial charge on any atom is 0.397 e. The summed E-state index contributed by atoms with van der Waals surface area (Å²) >= 11 is 0. The molecule has 0 aliphatic rings. The van der Waals surface area contributed by atoms with Gasteiger partial charge >= 0.3 is 10.4 Å². The molecule has 4 nitrogen and oxygen atoms in total. The molecule has 0 radical (unpaired) electrons. The van der Waals surface area contributed by atoms with Crippen LogP contribution in [0.2, 0.25) is 0 Å². The van der Waals surface area contributed by atoms with Gasteiger partial charge in [0.2, 0.25) is 0 Å². The Morgan fingerprint density at radius 2 is 2.30 bits per heavy atom. The average Bonchev–Trinajstić information content (AvgIpc) is 1.81. The van der Waals surface area contributed by atoms with E-state index in [1.807, 2.05) is 0 Å². The van der Waals surface area contributed by atoms with Crippen molar-refractivity contribution >= 4 is 10.4 Å². The van der Waals surface area contributed by atoms with Crippen LogP contribution in [0.1, 0.15) is 13.3 Å². The third-order valence-electron chi connectivity index (χ3n) is 0.910. The van der Waals surface area contributed by atoms with Gasteiger partial charge < -0.3 is 0 Å². The van der Waals surface area contributed by atoms with Gasteiger partial charge in [-0.1, -0.05) is 13.0 Å². The summed E-state index contributed by atoms with van der Waals surface area (Å²) in [5, 5.41) is 0. The van der Waals surface area contributed by atoms with E-state index < -0.39 is 16.5 Å². The van der Waals surface area contributed by atoms with Crippen LogP contribution in [0.3, 0.4) is 0 Å². The Balaban J connectivity index is 4.00. The minimum absolute atomic E-state index is 0.462. The quantitative estimate of drug-likeness (QED) is 0.495. The predicted octanol–water partition coefficient (Wildman–Crippen LogP) is 0.770. The molecule has 0 aromatic carbocycles. The van der Waals surface area contributed by atoms with E-state index in [9.17, 15) is 8.42 Å².